The van der Waals surface area contributed by atoms with E-state index in [9.17, 15) is 0 Å². The van der Waals surface area contributed by atoms with E-state index in [1.807, 2.05) is 12.1 Å². The summed E-state index contributed by atoms with van der Waals surface area (Å²) in [7, 11) is 1.70. The number of aliphatic imine (C=N–C) groups is 1. The molecular formula is C27H24IN3OS. The van der Waals surface area contributed by atoms with Crippen LogP contribution in [0.25, 0.3) is 10.9 Å². The molecule has 0 saturated heterocycles. The Kier molecular flexibility index (Phi) is 6.55. The fraction of sp³-hybridized carbons (Fsp3) is 0.185. The normalized spacial score (nSPS) is 12.9. The Morgan fingerprint density at radius 2 is 1.76 bits per heavy atom. The van der Waals surface area contributed by atoms with E-state index in [4.69, 9.17) is 14.7 Å². The Labute approximate surface area is 212 Å². The lowest BCUT2D eigenvalue weighted by atomic mass is 9.98. The Morgan fingerprint density at radius 1 is 1.00 bits per heavy atom. The number of rotatable bonds is 5. The molecule has 0 spiro atoms. The van der Waals surface area contributed by atoms with Gasteiger partial charge in [-0.1, -0.05) is 42.5 Å². The zero-order valence-corrected chi connectivity index (χ0v) is 21.6. The van der Waals surface area contributed by atoms with Crippen LogP contribution < -0.4 is 9.64 Å². The molecule has 166 valence electrons. The van der Waals surface area contributed by atoms with Crippen LogP contribution in [0.1, 0.15) is 16.7 Å². The molecule has 0 atom stereocenters. The quantitative estimate of drug-likeness (QED) is 0.248. The maximum absolute atomic E-state index is 5.37. The highest BCUT2D eigenvalue weighted by molar-refractivity contribution is 14.1. The second kappa shape index (κ2) is 9.73. The van der Waals surface area contributed by atoms with E-state index in [1.54, 1.807) is 18.9 Å². The largest absolute Gasteiger partial charge is 0.497 e. The van der Waals surface area contributed by atoms with Gasteiger partial charge in [0.15, 0.2) is 0 Å². The summed E-state index contributed by atoms with van der Waals surface area (Å²) in [4.78, 5) is 12.4. The number of fused-ring (bicyclic) bond motifs is 3. The van der Waals surface area contributed by atoms with Gasteiger partial charge in [-0.2, -0.15) is 0 Å². The standard InChI is InChI=1S/C27H24IN3OS/c1-32-19-13-11-18(12-14-19)17-31(24-10-6-4-8-22(24)28)26-21-15-16-29-27(33-2)25(21)20-7-3-5-9-23(20)30-26/h3-14H,15-17H2,1-2H3. The van der Waals surface area contributed by atoms with Crippen LogP contribution in [0.5, 0.6) is 5.75 Å². The number of nitrogens with zero attached hydrogens (tertiary/aromatic N) is 3. The second-order valence-corrected chi connectivity index (χ2v) is 9.79. The van der Waals surface area contributed by atoms with Gasteiger partial charge in [-0.05, 0) is 71.2 Å². The van der Waals surface area contributed by atoms with Gasteiger partial charge < -0.3 is 9.64 Å². The molecule has 0 bridgehead atoms. The van der Waals surface area contributed by atoms with Crippen molar-refractivity contribution in [2.75, 3.05) is 24.8 Å². The van der Waals surface area contributed by atoms with Crippen molar-refractivity contribution in [3.8, 4) is 5.75 Å². The molecule has 6 heteroatoms. The second-order valence-electron chi connectivity index (χ2n) is 7.83. The molecule has 5 rings (SSSR count). The Hall–Kier alpha value is -2.58. The number of methoxy groups -OCH3 is 1. The molecule has 4 nitrogen and oxygen atoms in total. The van der Waals surface area contributed by atoms with Crippen molar-refractivity contribution in [1.29, 1.82) is 0 Å². The van der Waals surface area contributed by atoms with Gasteiger partial charge in [-0.15, -0.1) is 11.8 Å². The molecule has 2 heterocycles. The van der Waals surface area contributed by atoms with E-state index in [2.05, 4.69) is 94.4 Å². The minimum absolute atomic E-state index is 0.716. The van der Waals surface area contributed by atoms with Crippen LogP contribution in [0.3, 0.4) is 0 Å². The summed E-state index contributed by atoms with van der Waals surface area (Å²) in [6.07, 6.45) is 2.99. The zero-order chi connectivity index (χ0) is 22.8. The van der Waals surface area contributed by atoms with Crippen molar-refractivity contribution in [2.45, 2.75) is 13.0 Å². The van der Waals surface area contributed by atoms with Crippen molar-refractivity contribution in [1.82, 2.24) is 4.98 Å². The first-order valence-electron chi connectivity index (χ1n) is 10.8. The first kappa shape index (κ1) is 22.2. The van der Waals surface area contributed by atoms with E-state index in [-0.39, 0.29) is 0 Å². The van der Waals surface area contributed by atoms with E-state index < -0.39 is 0 Å². The third kappa shape index (κ3) is 4.34. The molecule has 0 saturated carbocycles. The zero-order valence-electron chi connectivity index (χ0n) is 18.6. The topological polar surface area (TPSA) is 37.7 Å². The van der Waals surface area contributed by atoms with Crippen molar-refractivity contribution >= 4 is 61.8 Å². The Balaban J connectivity index is 1.73. The van der Waals surface area contributed by atoms with Crippen molar-refractivity contribution < 1.29 is 4.74 Å². The van der Waals surface area contributed by atoms with Gasteiger partial charge >= 0.3 is 0 Å². The van der Waals surface area contributed by atoms with Gasteiger partial charge in [0.1, 0.15) is 11.6 Å². The summed E-state index contributed by atoms with van der Waals surface area (Å²) in [6.45, 7) is 1.51. The van der Waals surface area contributed by atoms with E-state index in [1.165, 1.54) is 25.6 Å². The van der Waals surface area contributed by atoms with Crippen LogP contribution in [0.4, 0.5) is 11.5 Å². The smallest absolute Gasteiger partial charge is 0.138 e. The average Bonchev–Trinajstić information content (AvgIpc) is 2.87. The Bertz CT molecular complexity index is 1340. The lowest BCUT2D eigenvalue weighted by molar-refractivity contribution is 0.414. The minimum Gasteiger partial charge on any atom is -0.497 e. The van der Waals surface area contributed by atoms with E-state index in [0.717, 1.165) is 40.8 Å². The lowest BCUT2D eigenvalue weighted by Crippen LogP contribution is -2.23. The number of ether oxygens (including phenoxy) is 1. The number of hydrogen-bond donors (Lipinski definition) is 0. The number of halogens is 1. The Morgan fingerprint density at radius 3 is 2.52 bits per heavy atom. The predicted molar refractivity (Wildman–Crippen MR) is 148 cm³/mol. The van der Waals surface area contributed by atoms with Crippen molar-refractivity contribution in [3.63, 3.8) is 0 Å². The molecule has 4 aromatic rings. The third-order valence-electron chi connectivity index (χ3n) is 5.89. The number of pyridine rings is 1. The molecular weight excluding hydrogens is 541 g/mol. The van der Waals surface area contributed by atoms with Gasteiger partial charge in [-0.3, -0.25) is 4.99 Å². The molecule has 0 N–H and O–H groups in total. The lowest BCUT2D eigenvalue weighted by Gasteiger charge is -2.30. The molecule has 0 amide bonds. The number of anilines is 2. The van der Waals surface area contributed by atoms with Crippen LogP contribution in [0, 0.1) is 3.57 Å². The fourth-order valence-corrected chi connectivity index (χ4v) is 5.65. The van der Waals surface area contributed by atoms with E-state index >= 15 is 0 Å². The van der Waals surface area contributed by atoms with Crippen LogP contribution in [0.15, 0.2) is 77.8 Å². The molecule has 1 aromatic heterocycles. The van der Waals surface area contributed by atoms with Crippen LogP contribution >= 0.6 is 34.4 Å². The van der Waals surface area contributed by atoms with Gasteiger partial charge in [0.05, 0.1) is 23.4 Å². The molecule has 33 heavy (non-hydrogen) atoms. The van der Waals surface area contributed by atoms with Crippen molar-refractivity contribution in [3.05, 3.63) is 93.1 Å². The predicted octanol–water partition coefficient (Wildman–Crippen LogP) is 6.85. The van der Waals surface area contributed by atoms with E-state index in [0.29, 0.717) is 6.54 Å². The summed E-state index contributed by atoms with van der Waals surface area (Å²) in [6, 6.07) is 25.2. The van der Waals surface area contributed by atoms with Gasteiger partial charge in [0, 0.05) is 33.2 Å². The fourth-order valence-electron chi connectivity index (χ4n) is 4.32. The van der Waals surface area contributed by atoms with Crippen LogP contribution in [0.2, 0.25) is 0 Å². The van der Waals surface area contributed by atoms with Crippen LogP contribution in [-0.2, 0) is 13.0 Å². The molecule has 0 fully saturated rings. The number of para-hydroxylation sites is 2. The highest BCUT2D eigenvalue weighted by Gasteiger charge is 2.26. The number of hydrogen-bond acceptors (Lipinski definition) is 5. The summed E-state index contributed by atoms with van der Waals surface area (Å²) in [5, 5.41) is 2.28. The summed E-state index contributed by atoms with van der Waals surface area (Å²) in [5.74, 6) is 1.88. The molecule has 1 aliphatic heterocycles. The van der Waals surface area contributed by atoms with Gasteiger partial charge in [0.25, 0.3) is 0 Å². The first-order valence-corrected chi connectivity index (χ1v) is 13.2. The summed E-state index contributed by atoms with van der Waals surface area (Å²) >= 11 is 4.14. The summed E-state index contributed by atoms with van der Waals surface area (Å²) in [5.41, 5.74) is 5.88. The highest BCUT2D eigenvalue weighted by Crippen LogP contribution is 2.39. The maximum atomic E-state index is 5.37. The molecule has 0 radical (unpaired) electrons. The average molecular weight is 565 g/mol. The first-order chi connectivity index (χ1) is 16.2. The van der Waals surface area contributed by atoms with Crippen molar-refractivity contribution in [2.24, 2.45) is 4.99 Å². The summed E-state index contributed by atoms with van der Waals surface area (Å²) < 4.78 is 6.56. The SMILES string of the molecule is COc1ccc(CN(c2ccccc2I)c2nc3ccccc3c3c2CCN=C3SC)cc1. The minimum atomic E-state index is 0.716. The molecule has 1 aliphatic rings. The third-order valence-corrected chi connectivity index (χ3v) is 7.53. The van der Waals surface area contributed by atoms with Gasteiger partial charge in [0.2, 0.25) is 0 Å². The molecule has 0 aliphatic carbocycles. The monoisotopic (exact) mass is 565 g/mol. The van der Waals surface area contributed by atoms with Crippen LogP contribution in [-0.4, -0.2) is 29.9 Å². The molecule has 3 aromatic carbocycles. The van der Waals surface area contributed by atoms with Gasteiger partial charge in [-0.25, -0.2) is 4.98 Å². The highest BCUT2D eigenvalue weighted by atomic mass is 127. The maximum Gasteiger partial charge on any atom is 0.138 e. The number of thioether (sulfide) groups is 1. The number of benzene rings is 3. The number of aromatic nitrogens is 1. The molecule has 0 unspecified atom stereocenters.